The molecule has 0 saturated carbocycles. The second-order valence-electron chi connectivity index (χ2n) is 5.21. The third-order valence-corrected chi connectivity index (χ3v) is 4.33. The van der Waals surface area contributed by atoms with Gasteiger partial charge in [0.15, 0.2) is 12.5 Å². The molecule has 0 spiro atoms. The molecule has 0 fully saturated rings. The van der Waals surface area contributed by atoms with Crippen molar-refractivity contribution in [3.05, 3.63) is 56.0 Å². The highest BCUT2D eigenvalue weighted by atomic mass is 35.5. The number of fused-ring (bicyclic) bond motifs is 1. The van der Waals surface area contributed by atoms with Crippen molar-refractivity contribution >= 4 is 40.8 Å². The van der Waals surface area contributed by atoms with Crippen LogP contribution in [0.15, 0.2) is 24.3 Å². The third kappa shape index (κ3) is 3.96. The molecule has 132 valence electrons. The Kier molecular flexibility index (Phi) is 5.59. The van der Waals surface area contributed by atoms with Crippen LogP contribution in [0.4, 0.5) is 0 Å². The fraction of sp³-hybridized carbons (Fsp3) is 0.235. The number of halogens is 3. The standard InChI is InChI=1S/C17H13Cl3O5/c1-22-16-13(19)4-9(5-14(16)20)17(21)24-7-11-3-12(18)2-10-6-23-8-25-15(10)11/h2-5H,6-8H2,1H3. The largest absolute Gasteiger partial charge is 0.494 e. The average Bonchev–Trinajstić information content (AvgIpc) is 2.58. The lowest BCUT2D eigenvalue weighted by Gasteiger charge is -2.21. The highest BCUT2D eigenvalue weighted by molar-refractivity contribution is 6.37. The van der Waals surface area contributed by atoms with Crippen LogP contribution >= 0.6 is 34.8 Å². The summed E-state index contributed by atoms with van der Waals surface area (Å²) in [5, 5.41) is 0.958. The van der Waals surface area contributed by atoms with Crippen molar-refractivity contribution in [2.75, 3.05) is 13.9 Å². The van der Waals surface area contributed by atoms with Crippen LogP contribution in [0.25, 0.3) is 0 Å². The van der Waals surface area contributed by atoms with E-state index in [-0.39, 0.29) is 29.0 Å². The molecule has 0 aliphatic carbocycles. The van der Waals surface area contributed by atoms with E-state index in [9.17, 15) is 4.79 Å². The topological polar surface area (TPSA) is 54.0 Å². The zero-order chi connectivity index (χ0) is 18.0. The van der Waals surface area contributed by atoms with Gasteiger partial charge in [0.05, 0.1) is 29.3 Å². The van der Waals surface area contributed by atoms with Gasteiger partial charge in [0.25, 0.3) is 0 Å². The van der Waals surface area contributed by atoms with Crippen LogP contribution in [0.5, 0.6) is 11.5 Å². The summed E-state index contributed by atoms with van der Waals surface area (Å²) in [6.45, 7) is 0.517. The molecule has 0 amide bonds. The molecule has 0 aromatic heterocycles. The summed E-state index contributed by atoms with van der Waals surface area (Å²) in [6.07, 6.45) is 0. The van der Waals surface area contributed by atoms with E-state index < -0.39 is 5.97 Å². The molecule has 8 heteroatoms. The lowest BCUT2D eigenvalue weighted by atomic mass is 10.1. The molecule has 25 heavy (non-hydrogen) atoms. The molecule has 0 N–H and O–H groups in total. The lowest BCUT2D eigenvalue weighted by molar-refractivity contribution is -0.0180. The van der Waals surface area contributed by atoms with Gasteiger partial charge in [-0.3, -0.25) is 0 Å². The van der Waals surface area contributed by atoms with Crippen molar-refractivity contribution in [1.82, 2.24) is 0 Å². The third-order valence-electron chi connectivity index (χ3n) is 3.55. The van der Waals surface area contributed by atoms with Gasteiger partial charge in [-0.25, -0.2) is 4.79 Å². The predicted molar refractivity (Wildman–Crippen MR) is 93.9 cm³/mol. The highest BCUT2D eigenvalue weighted by Crippen LogP contribution is 2.35. The summed E-state index contributed by atoms with van der Waals surface area (Å²) in [5.41, 5.74) is 1.68. The lowest BCUT2D eigenvalue weighted by Crippen LogP contribution is -2.14. The molecule has 0 bridgehead atoms. The first-order valence-corrected chi connectivity index (χ1v) is 8.35. The smallest absolute Gasteiger partial charge is 0.338 e. The SMILES string of the molecule is COc1c(Cl)cc(C(=O)OCc2cc(Cl)cc3c2OCOC3)cc1Cl. The number of benzene rings is 2. The van der Waals surface area contributed by atoms with Crippen LogP contribution in [0.3, 0.4) is 0 Å². The summed E-state index contributed by atoms with van der Waals surface area (Å²) in [7, 11) is 1.44. The minimum atomic E-state index is -0.577. The molecular formula is C17H13Cl3O5. The van der Waals surface area contributed by atoms with Crippen molar-refractivity contribution in [1.29, 1.82) is 0 Å². The molecule has 2 aromatic carbocycles. The Morgan fingerprint density at radius 3 is 2.56 bits per heavy atom. The number of methoxy groups -OCH3 is 1. The first-order valence-electron chi connectivity index (χ1n) is 7.21. The summed E-state index contributed by atoms with van der Waals surface area (Å²) < 4.78 is 21.1. The van der Waals surface area contributed by atoms with Crippen LogP contribution in [-0.2, 0) is 22.7 Å². The van der Waals surface area contributed by atoms with Gasteiger partial charge < -0.3 is 18.9 Å². The molecule has 1 aliphatic heterocycles. The number of hydrogen-bond acceptors (Lipinski definition) is 5. The Balaban J connectivity index is 1.78. The minimum absolute atomic E-state index is 0.0109. The maximum absolute atomic E-state index is 12.3. The van der Waals surface area contributed by atoms with Gasteiger partial charge in [-0.15, -0.1) is 0 Å². The van der Waals surface area contributed by atoms with E-state index in [1.165, 1.54) is 19.2 Å². The fourth-order valence-electron chi connectivity index (χ4n) is 2.46. The molecule has 3 rings (SSSR count). The summed E-state index contributed by atoms with van der Waals surface area (Å²) >= 11 is 18.2. The summed E-state index contributed by atoms with van der Waals surface area (Å²) in [5.74, 6) is 0.346. The summed E-state index contributed by atoms with van der Waals surface area (Å²) in [6, 6.07) is 6.32. The molecule has 1 heterocycles. The first-order chi connectivity index (χ1) is 12.0. The van der Waals surface area contributed by atoms with Gasteiger partial charge in [0, 0.05) is 16.1 Å². The average molecular weight is 404 g/mol. The van der Waals surface area contributed by atoms with Gasteiger partial charge in [-0.2, -0.15) is 0 Å². The number of esters is 1. The molecule has 0 atom stereocenters. The van der Waals surface area contributed by atoms with E-state index in [1.54, 1.807) is 12.1 Å². The molecule has 0 radical (unpaired) electrons. The van der Waals surface area contributed by atoms with Gasteiger partial charge in [-0.05, 0) is 24.3 Å². The number of carbonyl (C=O) groups excluding carboxylic acids is 1. The first kappa shape index (κ1) is 18.1. The Hall–Kier alpha value is -1.66. The summed E-state index contributed by atoms with van der Waals surface area (Å²) in [4.78, 5) is 12.3. The van der Waals surface area contributed by atoms with E-state index >= 15 is 0 Å². The number of hydrogen-bond donors (Lipinski definition) is 0. The van der Waals surface area contributed by atoms with E-state index in [1.807, 2.05) is 0 Å². The quantitative estimate of drug-likeness (QED) is 0.681. The van der Waals surface area contributed by atoms with Crippen LogP contribution < -0.4 is 9.47 Å². The van der Waals surface area contributed by atoms with Crippen LogP contribution in [0, 0.1) is 0 Å². The Morgan fingerprint density at radius 1 is 1.16 bits per heavy atom. The monoisotopic (exact) mass is 402 g/mol. The second-order valence-corrected chi connectivity index (χ2v) is 6.46. The van der Waals surface area contributed by atoms with Crippen molar-refractivity contribution in [2.45, 2.75) is 13.2 Å². The highest BCUT2D eigenvalue weighted by Gasteiger charge is 2.19. The molecule has 0 unspecified atom stereocenters. The molecular weight excluding hydrogens is 391 g/mol. The molecule has 0 saturated heterocycles. The second kappa shape index (κ2) is 7.70. The van der Waals surface area contributed by atoms with Gasteiger partial charge in [-0.1, -0.05) is 34.8 Å². The van der Waals surface area contributed by atoms with Gasteiger partial charge in [0.2, 0.25) is 0 Å². The van der Waals surface area contributed by atoms with Crippen molar-refractivity contribution in [3.63, 3.8) is 0 Å². The Labute approximate surface area is 159 Å². The number of ether oxygens (including phenoxy) is 4. The van der Waals surface area contributed by atoms with Crippen molar-refractivity contribution < 1.29 is 23.7 Å². The molecule has 5 nitrogen and oxygen atoms in total. The number of rotatable bonds is 4. The van der Waals surface area contributed by atoms with E-state index in [2.05, 4.69) is 0 Å². The van der Waals surface area contributed by atoms with Crippen molar-refractivity contribution in [3.8, 4) is 11.5 Å². The molecule has 2 aromatic rings. The van der Waals surface area contributed by atoms with Crippen LogP contribution in [0.2, 0.25) is 15.1 Å². The maximum Gasteiger partial charge on any atom is 0.338 e. The van der Waals surface area contributed by atoms with Crippen LogP contribution in [-0.4, -0.2) is 19.9 Å². The van der Waals surface area contributed by atoms with Crippen LogP contribution in [0.1, 0.15) is 21.5 Å². The maximum atomic E-state index is 12.3. The minimum Gasteiger partial charge on any atom is -0.494 e. The predicted octanol–water partition coefficient (Wildman–Crippen LogP) is 4.88. The van der Waals surface area contributed by atoms with Crippen molar-refractivity contribution in [2.24, 2.45) is 0 Å². The van der Waals surface area contributed by atoms with Gasteiger partial charge >= 0.3 is 5.97 Å². The Morgan fingerprint density at radius 2 is 1.88 bits per heavy atom. The van der Waals surface area contributed by atoms with Gasteiger partial charge in [0.1, 0.15) is 12.4 Å². The Bertz CT molecular complexity index is 799. The van der Waals surface area contributed by atoms with E-state index in [0.717, 1.165) is 5.56 Å². The van der Waals surface area contributed by atoms with E-state index in [0.29, 0.717) is 28.7 Å². The normalized spacial score (nSPS) is 13.0. The fourth-order valence-corrected chi connectivity index (χ4v) is 3.37. The number of carbonyl (C=O) groups is 1. The zero-order valence-electron chi connectivity index (χ0n) is 13.1. The van der Waals surface area contributed by atoms with E-state index in [4.69, 9.17) is 53.8 Å². The zero-order valence-corrected chi connectivity index (χ0v) is 15.4. The molecule has 1 aliphatic rings.